The maximum atomic E-state index is 12.7. The number of carbonyl (C=O) groups excluding carboxylic acids is 1. The minimum absolute atomic E-state index is 0.236. The Morgan fingerprint density at radius 1 is 1.06 bits per heavy atom. The minimum Gasteiger partial charge on any atom is -0.336 e. The van der Waals surface area contributed by atoms with Crippen LogP contribution in [0.4, 0.5) is 10.5 Å². The standard InChI is InChI=1S/C21H26N6O3S/c1-15-5-6-17(13-16(15)2)23-21(28)22-9-12-27-20-8-7-18(14-19(20)24-25-27)31(29,30)26-10-3-4-11-26/h5-8,13-14H,3-4,9-12H2,1-2H3,(H2,22,23,28). The second kappa shape index (κ2) is 8.64. The summed E-state index contributed by atoms with van der Waals surface area (Å²) in [6.07, 6.45) is 1.78. The highest BCUT2D eigenvalue weighted by molar-refractivity contribution is 7.89. The van der Waals surface area contributed by atoms with Crippen molar-refractivity contribution in [3.05, 3.63) is 47.5 Å². The number of urea groups is 1. The van der Waals surface area contributed by atoms with E-state index in [9.17, 15) is 13.2 Å². The van der Waals surface area contributed by atoms with Gasteiger partial charge in [0.1, 0.15) is 5.52 Å². The third-order valence-corrected chi connectivity index (χ3v) is 7.46. The van der Waals surface area contributed by atoms with Gasteiger partial charge in [-0.15, -0.1) is 5.10 Å². The summed E-state index contributed by atoms with van der Waals surface area (Å²) < 4.78 is 28.6. The molecule has 1 fully saturated rings. The molecule has 0 aliphatic carbocycles. The van der Waals surface area contributed by atoms with E-state index in [1.54, 1.807) is 22.9 Å². The molecule has 2 amide bonds. The van der Waals surface area contributed by atoms with Crippen LogP contribution < -0.4 is 10.6 Å². The van der Waals surface area contributed by atoms with Gasteiger partial charge < -0.3 is 10.6 Å². The lowest BCUT2D eigenvalue weighted by atomic mass is 10.1. The molecular formula is C21H26N6O3S. The first-order valence-corrected chi connectivity index (χ1v) is 11.7. The van der Waals surface area contributed by atoms with Crippen molar-refractivity contribution in [1.29, 1.82) is 0 Å². The second-order valence-corrected chi connectivity index (χ2v) is 9.69. The Morgan fingerprint density at radius 2 is 1.84 bits per heavy atom. The lowest BCUT2D eigenvalue weighted by molar-refractivity contribution is 0.251. The molecular weight excluding hydrogens is 416 g/mol. The summed E-state index contributed by atoms with van der Waals surface area (Å²) in [6, 6.07) is 10.3. The fraction of sp³-hybridized carbons (Fsp3) is 0.381. The molecule has 2 heterocycles. The summed E-state index contributed by atoms with van der Waals surface area (Å²) in [7, 11) is -3.49. The molecule has 4 rings (SSSR count). The topological polar surface area (TPSA) is 109 Å². The maximum absolute atomic E-state index is 12.7. The molecule has 2 aromatic carbocycles. The molecule has 1 aliphatic heterocycles. The summed E-state index contributed by atoms with van der Waals surface area (Å²) >= 11 is 0. The fourth-order valence-electron chi connectivity index (χ4n) is 3.62. The van der Waals surface area contributed by atoms with Crippen LogP contribution in [0.2, 0.25) is 0 Å². The SMILES string of the molecule is Cc1ccc(NC(=O)NCCn2nnc3cc(S(=O)(=O)N4CCCC4)ccc32)cc1C. The van der Waals surface area contributed by atoms with Crippen LogP contribution in [0, 0.1) is 13.8 Å². The predicted octanol–water partition coefficient (Wildman–Crippen LogP) is 2.65. The second-order valence-electron chi connectivity index (χ2n) is 7.75. The Bertz CT molecular complexity index is 1220. The van der Waals surface area contributed by atoms with Gasteiger partial charge in [-0.25, -0.2) is 17.9 Å². The maximum Gasteiger partial charge on any atom is 0.319 e. The number of amides is 2. The first kappa shape index (κ1) is 21.3. The number of benzene rings is 2. The van der Waals surface area contributed by atoms with Gasteiger partial charge in [-0.1, -0.05) is 11.3 Å². The molecule has 3 aromatic rings. The van der Waals surface area contributed by atoms with Gasteiger partial charge in [0.15, 0.2) is 0 Å². The third kappa shape index (κ3) is 4.54. The van der Waals surface area contributed by atoms with E-state index in [-0.39, 0.29) is 10.9 Å². The highest BCUT2D eigenvalue weighted by atomic mass is 32.2. The van der Waals surface area contributed by atoms with Crippen LogP contribution in [0.3, 0.4) is 0 Å². The van der Waals surface area contributed by atoms with Gasteiger partial charge in [0.2, 0.25) is 10.0 Å². The molecule has 164 valence electrons. The molecule has 31 heavy (non-hydrogen) atoms. The average Bonchev–Trinajstić information content (AvgIpc) is 3.41. The van der Waals surface area contributed by atoms with E-state index in [1.165, 1.54) is 9.87 Å². The minimum atomic E-state index is -3.49. The van der Waals surface area contributed by atoms with Crippen LogP contribution in [0.1, 0.15) is 24.0 Å². The number of hydrogen-bond acceptors (Lipinski definition) is 5. The summed E-state index contributed by atoms with van der Waals surface area (Å²) in [5, 5.41) is 13.8. The van der Waals surface area contributed by atoms with Crippen LogP contribution in [-0.4, -0.2) is 53.4 Å². The fourth-order valence-corrected chi connectivity index (χ4v) is 5.16. The van der Waals surface area contributed by atoms with Crippen molar-refractivity contribution < 1.29 is 13.2 Å². The van der Waals surface area contributed by atoms with E-state index in [4.69, 9.17) is 0 Å². The molecule has 0 unspecified atom stereocenters. The van der Waals surface area contributed by atoms with Gasteiger partial charge in [-0.2, -0.15) is 4.31 Å². The van der Waals surface area contributed by atoms with Gasteiger partial charge >= 0.3 is 6.03 Å². The summed E-state index contributed by atoms with van der Waals surface area (Å²) in [4.78, 5) is 12.4. The lowest BCUT2D eigenvalue weighted by Gasteiger charge is -2.15. The molecule has 0 atom stereocenters. The van der Waals surface area contributed by atoms with Crippen LogP contribution in [0.5, 0.6) is 0 Å². The van der Waals surface area contributed by atoms with Crippen molar-refractivity contribution in [2.75, 3.05) is 25.0 Å². The molecule has 1 aliphatic rings. The first-order chi connectivity index (χ1) is 14.8. The Morgan fingerprint density at radius 3 is 2.58 bits per heavy atom. The van der Waals surface area contributed by atoms with Crippen molar-refractivity contribution in [2.45, 2.75) is 38.1 Å². The molecule has 0 bridgehead atoms. The average molecular weight is 443 g/mol. The number of nitrogens with one attached hydrogen (secondary N) is 2. The van der Waals surface area contributed by atoms with Crippen molar-refractivity contribution in [1.82, 2.24) is 24.6 Å². The molecule has 0 saturated carbocycles. The number of aryl methyl sites for hydroxylation is 2. The molecule has 10 heteroatoms. The van der Waals surface area contributed by atoms with Gasteiger partial charge in [-0.05, 0) is 68.1 Å². The molecule has 0 radical (unpaired) electrons. The Labute approximate surface area is 181 Å². The van der Waals surface area contributed by atoms with Crippen molar-refractivity contribution in [3.8, 4) is 0 Å². The van der Waals surface area contributed by atoms with Crippen LogP contribution in [-0.2, 0) is 16.6 Å². The molecule has 1 saturated heterocycles. The normalized spacial score (nSPS) is 14.8. The summed E-state index contributed by atoms with van der Waals surface area (Å²) in [5.74, 6) is 0. The monoisotopic (exact) mass is 442 g/mol. The summed E-state index contributed by atoms with van der Waals surface area (Å²) in [6.45, 7) is 5.90. The van der Waals surface area contributed by atoms with E-state index in [1.807, 2.05) is 32.0 Å². The molecule has 0 spiro atoms. The van der Waals surface area contributed by atoms with E-state index in [0.29, 0.717) is 31.7 Å². The first-order valence-electron chi connectivity index (χ1n) is 10.3. The smallest absolute Gasteiger partial charge is 0.319 e. The van der Waals surface area contributed by atoms with Crippen LogP contribution in [0.25, 0.3) is 11.0 Å². The Kier molecular flexibility index (Phi) is 5.92. The Hall–Kier alpha value is -2.98. The van der Waals surface area contributed by atoms with Gasteiger partial charge in [-0.3, -0.25) is 0 Å². The van der Waals surface area contributed by atoms with Crippen molar-refractivity contribution in [2.24, 2.45) is 0 Å². The van der Waals surface area contributed by atoms with Crippen LogP contribution in [0.15, 0.2) is 41.3 Å². The van der Waals surface area contributed by atoms with Gasteiger partial charge in [0, 0.05) is 25.3 Å². The third-order valence-electron chi connectivity index (χ3n) is 5.56. The largest absolute Gasteiger partial charge is 0.336 e. The predicted molar refractivity (Wildman–Crippen MR) is 118 cm³/mol. The van der Waals surface area contributed by atoms with E-state index < -0.39 is 10.0 Å². The van der Waals surface area contributed by atoms with Gasteiger partial charge in [0.05, 0.1) is 17.0 Å². The number of fused-ring (bicyclic) bond motifs is 1. The quantitative estimate of drug-likeness (QED) is 0.610. The number of sulfonamides is 1. The Balaban J connectivity index is 1.38. The zero-order valence-electron chi connectivity index (χ0n) is 17.6. The van der Waals surface area contributed by atoms with E-state index in [0.717, 1.165) is 29.6 Å². The van der Waals surface area contributed by atoms with Gasteiger partial charge in [0.25, 0.3) is 0 Å². The summed E-state index contributed by atoms with van der Waals surface area (Å²) in [5.41, 5.74) is 4.24. The van der Waals surface area contributed by atoms with E-state index in [2.05, 4.69) is 20.9 Å². The highest BCUT2D eigenvalue weighted by Crippen LogP contribution is 2.23. The molecule has 1 aromatic heterocycles. The van der Waals surface area contributed by atoms with Crippen molar-refractivity contribution in [3.63, 3.8) is 0 Å². The van der Waals surface area contributed by atoms with E-state index >= 15 is 0 Å². The zero-order valence-corrected chi connectivity index (χ0v) is 18.4. The lowest BCUT2D eigenvalue weighted by Crippen LogP contribution is -2.31. The molecule has 2 N–H and O–H groups in total. The number of carbonyl (C=O) groups is 1. The number of hydrogen-bond donors (Lipinski definition) is 2. The van der Waals surface area contributed by atoms with Crippen LogP contribution >= 0.6 is 0 Å². The molecule has 9 nitrogen and oxygen atoms in total. The highest BCUT2D eigenvalue weighted by Gasteiger charge is 2.27. The van der Waals surface area contributed by atoms with Crippen molar-refractivity contribution >= 4 is 32.8 Å². The number of rotatable bonds is 6. The number of aromatic nitrogens is 3. The zero-order chi connectivity index (χ0) is 22.0. The number of nitrogens with zero attached hydrogens (tertiary/aromatic N) is 4. The number of anilines is 1.